The van der Waals surface area contributed by atoms with Crippen molar-refractivity contribution in [1.82, 2.24) is 6.15 Å². The van der Waals surface area contributed by atoms with Crippen LogP contribution >= 0.6 is 0 Å². The van der Waals surface area contributed by atoms with Gasteiger partial charge in [-0.25, -0.2) is 5.57 Å². The third-order valence-corrected chi connectivity index (χ3v) is 2.56. The Hall–Kier alpha value is 0.0343. The SMILES string of the molecule is CC1=[C-]C(C)(C)C(C)=C1C.N.[CH2-]CO.[CH2-]CO.[CH2-]CO.[Ti+4]. The molecule has 0 spiro atoms. The van der Waals surface area contributed by atoms with Crippen molar-refractivity contribution >= 4 is 0 Å². The maximum atomic E-state index is 7.46. The fourth-order valence-corrected chi connectivity index (χ4v) is 1.41. The van der Waals surface area contributed by atoms with Gasteiger partial charge < -0.3 is 42.2 Å². The molecule has 0 unspecified atom stereocenters. The zero-order valence-electron chi connectivity index (χ0n) is 14.3. The molecule has 0 aliphatic heterocycles. The summed E-state index contributed by atoms with van der Waals surface area (Å²) in [6, 6.07) is 0. The van der Waals surface area contributed by atoms with Crippen LogP contribution in [-0.2, 0) is 21.7 Å². The zero-order chi connectivity index (χ0) is 16.1. The monoisotopic (exact) mass is 335 g/mol. The Morgan fingerprint density at radius 1 is 0.905 bits per heavy atom. The van der Waals surface area contributed by atoms with E-state index in [2.05, 4.69) is 61.5 Å². The second-order valence-electron chi connectivity index (χ2n) is 4.30. The third-order valence-electron chi connectivity index (χ3n) is 2.56. The molecule has 0 saturated heterocycles. The van der Waals surface area contributed by atoms with Gasteiger partial charge in [-0.2, -0.15) is 11.1 Å². The van der Waals surface area contributed by atoms with Crippen molar-refractivity contribution in [2.24, 2.45) is 5.41 Å². The number of aliphatic hydroxyl groups excluding tert-OH is 3. The summed E-state index contributed by atoms with van der Waals surface area (Å²) in [4.78, 5) is 0. The van der Waals surface area contributed by atoms with E-state index in [1.54, 1.807) is 0 Å². The smallest absolute Gasteiger partial charge is 0.428 e. The molecule has 1 aliphatic rings. The van der Waals surface area contributed by atoms with E-state index in [1.807, 2.05) is 0 Å². The third kappa shape index (κ3) is 18.0. The minimum Gasteiger partial charge on any atom is -0.428 e. The van der Waals surface area contributed by atoms with Crippen LogP contribution in [0.5, 0.6) is 0 Å². The van der Waals surface area contributed by atoms with Gasteiger partial charge in [0.2, 0.25) is 0 Å². The summed E-state index contributed by atoms with van der Waals surface area (Å²) in [6.07, 6.45) is 3.44. The first-order valence-corrected chi connectivity index (χ1v) is 6.20. The Labute approximate surface area is 146 Å². The van der Waals surface area contributed by atoms with Crippen molar-refractivity contribution in [3.05, 3.63) is 43.6 Å². The van der Waals surface area contributed by atoms with Gasteiger partial charge in [0.1, 0.15) is 0 Å². The average Bonchev–Trinajstić information content (AvgIpc) is 2.45. The van der Waals surface area contributed by atoms with Crippen LogP contribution in [-0.4, -0.2) is 35.1 Å². The van der Waals surface area contributed by atoms with Gasteiger partial charge in [0.05, 0.1) is 0 Å². The van der Waals surface area contributed by atoms with Crippen LogP contribution < -0.4 is 6.15 Å². The molecular weight excluding hydrogens is 302 g/mol. The summed E-state index contributed by atoms with van der Waals surface area (Å²) < 4.78 is 0. The van der Waals surface area contributed by atoms with Crippen LogP contribution in [0.4, 0.5) is 0 Å². The molecule has 5 heteroatoms. The molecular formula is C16H33NO3Ti. The van der Waals surface area contributed by atoms with Crippen molar-refractivity contribution in [2.75, 3.05) is 19.8 Å². The van der Waals surface area contributed by atoms with Gasteiger partial charge in [-0.05, 0) is 0 Å². The van der Waals surface area contributed by atoms with E-state index in [1.165, 1.54) is 16.7 Å². The van der Waals surface area contributed by atoms with Gasteiger partial charge in [0.15, 0.2) is 0 Å². The largest absolute Gasteiger partial charge is 4.00 e. The summed E-state index contributed by atoms with van der Waals surface area (Å²) >= 11 is 0. The average molecular weight is 335 g/mol. The number of aliphatic hydroxyl groups is 3. The molecule has 0 radical (unpaired) electrons. The number of allylic oxidation sites excluding steroid dienone is 4. The summed E-state index contributed by atoms with van der Waals surface area (Å²) in [6.45, 7) is 20.0. The Balaban J connectivity index is -0.0000000663. The first-order valence-electron chi connectivity index (χ1n) is 6.20. The standard InChI is InChI=1S/C10H15.3C2H5O.H3N.Ti/c1-7-6-10(4,5)9(3)8(7)2;3*1-2-3;;/h1-5H3;3*3H,1-2H2;1H3;/q4*-1;;+4. The Morgan fingerprint density at radius 3 is 1.19 bits per heavy atom. The van der Waals surface area contributed by atoms with E-state index in [-0.39, 0.29) is 53.1 Å². The molecule has 0 fully saturated rings. The van der Waals surface area contributed by atoms with Crippen LogP contribution in [0.3, 0.4) is 0 Å². The predicted octanol–water partition coefficient (Wildman–Crippen LogP) is 2.71. The fourth-order valence-electron chi connectivity index (χ4n) is 1.41. The minimum absolute atomic E-state index is 0. The normalized spacial score (nSPS) is 13.8. The molecule has 21 heavy (non-hydrogen) atoms. The maximum absolute atomic E-state index is 7.46. The predicted molar refractivity (Wildman–Crippen MR) is 86.9 cm³/mol. The molecule has 6 N–H and O–H groups in total. The second kappa shape index (κ2) is 20.0. The molecule has 0 bridgehead atoms. The summed E-state index contributed by atoms with van der Waals surface area (Å²) in [5.74, 6) is 0. The zero-order valence-corrected chi connectivity index (χ0v) is 15.9. The van der Waals surface area contributed by atoms with Crippen molar-refractivity contribution in [3.63, 3.8) is 0 Å². The quantitative estimate of drug-likeness (QED) is 0.404. The molecule has 0 aromatic heterocycles. The molecule has 0 amide bonds. The van der Waals surface area contributed by atoms with Crippen molar-refractivity contribution < 1.29 is 37.0 Å². The van der Waals surface area contributed by atoms with Crippen LogP contribution in [0.2, 0.25) is 0 Å². The van der Waals surface area contributed by atoms with E-state index in [9.17, 15) is 0 Å². The van der Waals surface area contributed by atoms with E-state index in [0.29, 0.717) is 0 Å². The molecule has 0 saturated carbocycles. The van der Waals surface area contributed by atoms with E-state index in [4.69, 9.17) is 15.3 Å². The minimum atomic E-state index is 0. The van der Waals surface area contributed by atoms with Crippen LogP contribution in [0.1, 0.15) is 34.6 Å². The summed E-state index contributed by atoms with van der Waals surface area (Å²) in [7, 11) is 0. The molecule has 0 heterocycles. The number of hydrogen-bond acceptors (Lipinski definition) is 4. The van der Waals surface area contributed by atoms with E-state index >= 15 is 0 Å². The van der Waals surface area contributed by atoms with Gasteiger partial charge in [-0.1, -0.05) is 52.9 Å². The van der Waals surface area contributed by atoms with Crippen molar-refractivity contribution in [1.29, 1.82) is 0 Å². The molecule has 0 aromatic rings. The summed E-state index contributed by atoms with van der Waals surface area (Å²) in [5, 5.41) is 22.4. The molecule has 1 rings (SSSR count). The van der Waals surface area contributed by atoms with E-state index in [0.717, 1.165) is 0 Å². The van der Waals surface area contributed by atoms with Gasteiger partial charge in [-0.15, -0.1) is 6.92 Å². The van der Waals surface area contributed by atoms with Gasteiger partial charge in [-0.3, -0.25) is 6.08 Å². The molecule has 0 aromatic carbocycles. The second-order valence-corrected chi connectivity index (χ2v) is 4.30. The molecule has 0 atom stereocenters. The van der Waals surface area contributed by atoms with Gasteiger partial charge >= 0.3 is 21.7 Å². The first kappa shape index (κ1) is 32.8. The van der Waals surface area contributed by atoms with Crippen molar-refractivity contribution in [3.8, 4) is 0 Å². The molecule has 124 valence electrons. The number of rotatable bonds is 0. The number of hydrogen-bond donors (Lipinski definition) is 4. The Kier molecular flexibility index (Phi) is 31.3. The topological polar surface area (TPSA) is 95.7 Å². The van der Waals surface area contributed by atoms with Gasteiger partial charge in [0, 0.05) is 0 Å². The van der Waals surface area contributed by atoms with Crippen LogP contribution in [0.15, 0.2) is 16.7 Å². The van der Waals surface area contributed by atoms with Gasteiger partial charge in [0.25, 0.3) is 0 Å². The molecule has 1 aliphatic carbocycles. The fraction of sp³-hybridized carbons (Fsp3) is 0.562. The maximum Gasteiger partial charge on any atom is 4.00 e. The Morgan fingerprint density at radius 2 is 1.14 bits per heavy atom. The van der Waals surface area contributed by atoms with Crippen LogP contribution in [0, 0.1) is 32.3 Å². The first-order chi connectivity index (χ1) is 8.69. The Bertz CT molecular complexity index is 270. The summed E-state index contributed by atoms with van der Waals surface area (Å²) in [5.41, 5.74) is 4.39. The van der Waals surface area contributed by atoms with E-state index < -0.39 is 0 Å². The van der Waals surface area contributed by atoms with Crippen LogP contribution in [0.25, 0.3) is 0 Å². The molecule has 4 nitrogen and oxygen atoms in total. The van der Waals surface area contributed by atoms with Crippen molar-refractivity contribution in [2.45, 2.75) is 34.6 Å².